The number of nitrogens with one attached hydrogen (secondary N) is 1. The molecule has 1 aliphatic heterocycles. The monoisotopic (exact) mass is 321 g/mol. The zero-order chi connectivity index (χ0) is 17.5. The molecular weight excluding hydrogens is 290 g/mol. The first-order chi connectivity index (χ1) is 10.6. The summed E-state index contributed by atoms with van der Waals surface area (Å²) in [5, 5.41) is 12.2. The van der Waals surface area contributed by atoms with E-state index in [1.807, 2.05) is 20.8 Å². The van der Waals surface area contributed by atoms with Crippen molar-refractivity contribution in [3.05, 3.63) is 11.6 Å². The highest BCUT2D eigenvalue weighted by molar-refractivity contribution is 5.68. The van der Waals surface area contributed by atoms with Crippen LogP contribution in [-0.2, 0) is 4.74 Å². The Labute approximate surface area is 140 Å². The van der Waals surface area contributed by atoms with Crippen molar-refractivity contribution in [3.8, 4) is 6.07 Å². The summed E-state index contributed by atoms with van der Waals surface area (Å²) in [4.78, 5) is 13.7. The van der Waals surface area contributed by atoms with Crippen LogP contribution in [-0.4, -0.2) is 42.8 Å². The van der Waals surface area contributed by atoms with E-state index in [4.69, 9.17) is 10.00 Å². The van der Waals surface area contributed by atoms with Crippen LogP contribution in [0.15, 0.2) is 11.6 Å². The predicted molar refractivity (Wildman–Crippen MR) is 92.0 cm³/mol. The molecule has 1 N–H and O–H groups in total. The van der Waals surface area contributed by atoms with Gasteiger partial charge in [-0.25, -0.2) is 4.79 Å². The van der Waals surface area contributed by atoms with Crippen LogP contribution >= 0.6 is 0 Å². The van der Waals surface area contributed by atoms with E-state index in [0.717, 1.165) is 25.9 Å². The molecule has 130 valence electrons. The van der Waals surface area contributed by atoms with Gasteiger partial charge in [-0.3, -0.25) is 0 Å². The average Bonchev–Trinajstić information content (AvgIpc) is 2.44. The third kappa shape index (κ3) is 8.03. The molecule has 0 saturated carbocycles. The molecule has 1 rings (SSSR count). The fourth-order valence-corrected chi connectivity index (χ4v) is 2.41. The third-order valence-electron chi connectivity index (χ3n) is 3.82. The molecule has 0 aliphatic carbocycles. The molecule has 0 aromatic heterocycles. The molecule has 1 heterocycles. The van der Waals surface area contributed by atoms with Crippen molar-refractivity contribution in [1.29, 1.82) is 5.26 Å². The van der Waals surface area contributed by atoms with Crippen molar-refractivity contribution in [2.45, 2.75) is 59.5 Å². The number of nitriles is 1. The van der Waals surface area contributed by atoms with Crippen molar-refractivity contribution >= 4 is 6.09 Å². The van der Waals surface area contributed by atoms with Crippen LogP contribution in [0.1, 0.15) is 53.9 Å². The van der Waals surface area contributed by atoms with E-state index in [2.05, 4.69) is 31.3 Å². The summed E-state index contributed by atoms with van der Waals surface area (Å²) in [7, 11) is 0. The molecule has 0 bridgehead atoms. The fraction of sp³-hybridized carbons (Fsp3) is 0.778. The molecule has 5 nitrogen and oxygen atoms in total. The second kappa shape index (κ2) is 8.35. The molecule has 1 amide bonds. The summed E-state index contributed by atoms with van der Waals surface area (Å²) >= 11 is 0. The Hall–Kier alpha value is -1.54. The van der Waals surface area contributed by atoms with Gasteiger partial charge in [0.1, 0.15) is 5.60 Å². The predicted octanol–water partition coefficient (Wildman–Crippen LogP) is 3.47. The average molecular weight is 321 g/mol. The first kappa shape index (κ1) is 19.5. The van der Waals surface area contributed by atoms with E-state index >= 15 is 0 Å². The molecule has 5 heteroatoms. The minimum absolute atomic E-state index is 0.132. The van der Waals surface area contributed by atoms with Gasteiger partial charge in [-0.2, -0.15) is 5.26 Å². The lowest BCUT2D eigenvalue weighted by atomic mass is 9.88. The van der Waals surface area contributed by atoms with Gasteiger partial charge < -0.3 is 15.0 Å². The number of carbonyl (C=O) groups excluding carboxylic acids is 1. The minimum Gasteiger partial charge on any atom is -0.444 e. The van der Waals surface area contributed by atoms with Crippen LogP contribution in [0.2, 0.25) is 0 Å². The minimum atomic E-state index is -0.447. The van der Waals surface area contributed by atoms with Crippen LogP contribution in [0, 0.1) is 16.7 Å². The van der Waals surface area contributed by atoms with Gasteiger partial charge in [0.25, 0.3) is 0 Å². The highest BCUT2D eigenvalue weighted by Crippen LogP contribution is 2.21. The molecular formula is C18H31N3O2. The third-order valence-corrected chi connectivity index (χ3v) is 3.82. The Bertz CT molecular complexity index is 470. The molecule has 0 aromatic rings. The Morgan fingerprint density at radius 3 is 2.61 bits per heavy atom. The maximum absolute atomic E-state index is 12.0. The van der Waals surface area contributed by atoms with Gasteiger partial charge in [0.05, 0.1) is 6.07 Å². The number of carbonyl (C=O) groups is 1. The number of amides is 1. The van der Waals surface area contributed by atoms with Crippen LogP contribution in [0.25, 0.3) is 0 Å². The second-order valence-electron chi connectivity index (χ2n) is 7.96. The van der Waals surface area contributed by atoms with E-state index in [1.165, 1.54) is 5.57 Å². The number of hydrogen-bond donors (Lipinski definition) is 1. The van der Waals surface area contributed by atoms with Gasteiger partial charge in [0.15, 0.2) is 0 Å². The maximum atomic E-state index is 12.0. The smallest absolute Gasteiger partial charge is 0.410 e. The van der Waals surface area contributed by atoms with E-state index < -0.39 is 5.60 Å². The lowest BCUT2D eigenvalue weighted by molar-refractivity contribution is 0.0265. The Kier molecular flexibility index (Phi) is 7.08. The van der Waals surface area contributed by atoms with E-state index in [-0.39, 0.29) is 11.5 Å². The summed E-state index contributed by atoms with van der Waals surface area (Å²) in [6, 6.07) is 2.21. The van der Waals surface area contributed by atoms with E-state index in [1.54, 1.807) is 4.90 Å². The van der Waals surface area contributed by atoms with Gasteiger partial charge in [0, 0.05) is 32.6 Å². The zero-order valence-corrected chi connectivity index (χ0v) is 15.2. The largest absolute Gasteiger partial charge is 0.444 e. The summed E-state index contributed by atoms with van der Waals surface area (Å²) in [6.45, 7) is 13.1. The number of nitrogens with zero attached hydrogens (tertiary/aromatic N) is 2. The second-order valence-corrected chi connectivity index (χ2v) is 7.96. The lowest BCUT2D eigenvalue weighted by Crippen LogP contribution is -2.40. The van der Waals surface area contributed by atoms with Crippen LogP contribution in [0.4, 0.5) is 4.79 Å². The Morgan fingerprint density at radius 2 is 2.09 bits per heavy atom. The highest BCUT2D eigenvalue weighted by atomic mass is 16.6. The standard InChI is InChI=1S/C18H31N3O2/c1-17(2,3)23-16(22)21-11-7-15(8-12-21)13-20-14-18(4,5)9-6-10-19/h7,20H,6,8-9,11-14H2,1-5H3. The summed E-state index contributed by atoms with van der Waals surface area (Å²) in [5.74, 6) is 0. The normalized spacial score (nSPS) is 15.8. The molecule has 0 aromatic carbocycles. The van der Waals surface area contributed by atoms with Gasteiger partial charge in [-0.15, -0.1) is 0 Å². The molecule has 1 aliphatic rings. The molecule has 0 unspecified atom stereocenters. The molecule has 23 heavy (non-hydrogen) atoms. The van der Waals surface area contributed by atoms with E-state index in [9.17, 15) is 4.79 Å². The van der Waals surface area contributed by atoms with Gasteiger partial charge in [-0.1, -0.05) is 25.5 Å². The SMILES string of the molecule is CC(C)(CCC#N)CNCC1=CCN(C(=O)OC(C)(C)C)CC1. The molecule has 0 radical (unpaired) electrons. The quantitative estimate of drug-likeness (QED) is 0.761. The van der Waals surface area contributed by atoms with Crippen molar-refractivity contribution in [2.75, 3.05) is 26.2 Å². The van der Waals surface area contributed by atoms with Crippen molar-refractivity contribution in [3.63, 3.8) is 0 Å². The van der Waals surface area contributed by atoms with Crippen LogP contribution in [0.5, 0.6) is 0 Å². The van der Waals surface area contributed by atoms with Crippen LogP contribution < -0.4 is 5.32 Å². The first-order valence-corrected chi connectivity index (χ1v) is 8.36. The number of rotatable bonds is 6. The molecule has 0 saturated heterocycles. The van der Waals surface area contributed by atoms with Crippen molar-refractivity contribution in [1.82, 2.24) is 10.2 Å². The lowest BCUT2D eigenvalue weighted by Gasteiger charge is -2.30. The van der Waals surface area contributed by atoms with E-state index in [0.29, 0.717) is 19.5 Å². The summed E-state index contributed by atoms with van der Waals surface area (Å²) < 4.78 is 5.39. The maximum Gasteiger partial charge on any atom is 0.410 e. The number of ether oxygens (including phenoxy) is 1. The molecule has 0 fully saturated rings. The number of hydrogen-bond acceptors (Lipinski definition) is 4. The highest BCUT2D eigenvalue weighted by Gasteiger charge is 2.23. The molecule has 0 spiro atoms. The topological polar surface area (TPSA) is 65.4 Å². The fourth-order valence-electron chi connectivity index (χ4n) is 2.41. The molecule has 0 atom stereocenters. The van der Waals surface area contributed by atoms with Crippen molar-refractivity contribution in [2.24, 2.45) is 5.41 Å². The Balaban J connectivity index is 2.34. The van der Waals surface area contributed by atoms with Crippen LogP contribution in [0.3, 0.4) is 0 Å². The van der Waals surface area contributed by atoms with Gasteiger partial charge in [0.2, 0.25) is 0 Å². The first-order valence-electron chi connectivity index (χ1n) is 8.36. The summed E-state index contributed by atoms with van der Waals surface area (Å²) in [5.41, 5.74) is 1.02. The Morgan fingerprint density at radius 1 is 1.39 bits per heavy atom. The summed E-state index contributed by atoms with van der Waals surface area (Å²) in [6.07, 6.45) is 4.26. The van der Waals surface area contributed by atoms with Crippen molar-refractivity contribution < 1.29 is 9.53 Å². The van der Waals surface area contributed by atoms with Gasteiger partial charge >= 0.3 is 6.09 Å². The van der Waals surface area contributed by atoms with Gasteiger partial charge in [-0.05, 0) is 39.0 Å². The zero-order valence-electron chi connectivity index (χ0n) is 15.2.